The molecule has 1 aliphatic rings. The lowest BCUT2D eigenvalue weighted by Gasteiger charge is -2.13. The molecular weight excluding hydrogens is 228 g/mol. The Hall–Kier alpha value is -1.42. The Kier molecular flexibility index (Phi) is 2.92. The van der Waals surface area contributed by atoms with Crippen LogP contribution in [0, 0.1) is 5.92 Å². The van der Waals surface area contributed by atoms with E-state index < -0.39 is 0 Å². The van der Waals surface area contributed by atoms with Crippen molar-refractivity contribution in [3.05, 3.63) is 29.0 Å². The van der Waals surface area contributed by atoms with Crippen LogP contribution in [0.2, 0.25) is 5.02 Å². The summed E-state index contributed by atoms with van der Waals surface area (Å²) in [7, 11) is 0. The number of nitrogens with zero attached hydrogens (tertiary/aromatic N) is 2. The number of amides is 2. The largest absolute Gasteiger partial charge is 0.276 e. The van der Waals surface area contributed by atoms with Crippen LogP contribution in [0.15, 0.2) is 18.3 Å². The van der Waals surface area contributed by atoms with Crippen LogP contribution in [0.4, 0.5) is 0 Å². The van der Waals surface area contributed by atoms with Crippen LogP contribution in [0.25, 0.3) is 0 Å². The van der Waals surface area contributed by atoms with Gasteiger partial charge in [0.1, 0.15) is 0 Å². The lowest BCUT2D eigenvalue weighted by atomic mass is 10.1. The monoisotopic (exact) mass is 238 g/mol. The zero-order valence-corrected chi connectivity index (χ0v) is 9.57. The number of carbonyl (C=O) groups excluding carboxylic acids is 2. The van der Waals surface area contributed by atoms with E-state index in [1.165, 1.54) is 4.90 Å². The van der Waals surface area contributed by atoms with Crippen LogP contribution >= 0.6 is 11.6 Å². The first-order valence-electron chi connectivity index (χ1n) is 5.02. The minimum absolute atomic E-state index is 0.133. The zero-order valence-electron chi connectivity index (χ0n) is 8.81. The maximum atomic E-state index is 11.6. The molecule has 0 spiro atoms. The molecule has 5 heteroatoms. The van der Waals surface area contributed by atoms with E-state index in [0.717, 1.165) is 0 Å². The van der Waals surface area contributed by atoms with Gasteiger partial charge >= 0.3 is 0 Å². The lowest BCUT2D eigenvalue weighted by molar-refractivity contribution is -0.139. The average molecular weight is 239 g/mol. The highest BCUT2D eigenvalue weighted by Crippen LogP contribution is 2.21. The summed E-state index contributed by atoms with van der Waals surface area (Å²) in [5.74, 6) is -0.488. The molecule has 1 unspecified atom stereocenters. The minimum atomic E-state index is -0.216. The first-order chi connectivity index (χ1) is 7.58. The number of rotatable bonds is 2. The Balaban J connectivity index is 2.16. The third-order valence-electron chi connectivity index (χ3n) is 2.57. The molecule has 16 heavy (non-hydrogen) atoms. The number of likely N-dealkylation sites (tertiary alicyclic amines) is 1. The van der Waals surface area contributed by atoms with Crippen molar-refractivity contribution in [3.63, 3.8) is 0 Å². The second kappa shape index (κ2) is 4.22. The number of pyridine rings is 1. The van der Waals surface area contributed by atoms with Gasteiger partial charge < -0.3 is 0 Å². The number of hydrogen-bond acceptors (Lipinski definition) is 3. The van der Waals surface area contributed by atoms with E-state index in [9.17, 15) is 9.59 Å². The zero-order chi connectivity index (χ0) is 11.7. The summed E-state index contributed by atoms with van der Waals surface area (Å²) in [6.45, 7) is 1.97. The van der Waals surface area contributed by atoms with Crippen molar-refractivity contribution in [1.82, 2.24) is 9.88 Å². The molecule has 2 amide bonds. The van der Waals surface area contributed by atoms with Gasteiger partial charge in [-0.25, -0.2) is 0 Å². The fourth-order valence-electron chi connectivity index (χ4n) is 1.71. The van der Waals surface area contributed by atoms with Gasteiger partial charge in [0.15, 0.2) is 0 Å². The first-order valence-corrected chi connectivity index (χ1v) is 5.40. The van der Waals surface area contributed by atoms with E-state index >= 15 is 0 Å². The van der Waals surface area contributed by atoms with Gasteiger partial charge in [-0.05, 0) is 12.1 Å². The number of carbonyl (C=O) groups is 2. The summed E-state index contributed by atoms with van der Waals surface area (Å²) in [5.41, 5.74) is 0.628. The molecule has 0 aliphatic carbocycles. The van der Waals surface area contributed by atoms with Gasteiger partial charge in [-0.15, -0.1) is 0 Å². The van der Waals surface area contributed by atoms with Crippen molar-refractivity contribution < 1.29 is 9.59 Å². The van der Waals surface area contributed by atoms with Crippen molar-refractivity contribution >= 4 is 23.4 Å². The molecule has 84 valence electrons. The molecule has 4 nitrogen and oxygen atoms in total. The quantitative estimate of drug-likeness (QED) is 0.736. The van der Waals surface area contributed by atoms with Gasteiger partial charge in [-0.2, -0.15) is 0 Å². The third kappa shape index (κ3) is 2.07. The van der Waals surface area contributed by atoms with Gasteiger partial charge in [0.25, 0.3) is 0 Å². The second-order valence-corrected chi connectivity index (χ2v) is 4.33. The van der Waals surface area contributed by atoms with E-state index in [0.29, 0.717) is 17.1 Å². The van der Waals surface area contributed by atoms with Crippen molar-refractivity contribution in [2.75, 3.05) is 0 Å². The Morgan fingerprint density at radius 1 is 1.56 bits per heavy atom. The maximum Gasteiger partial charge on any atom is 0.232 e. The highest BCUT2D eigenvalue weighted by atomic mass is 35.5. The fourth-order valence-corrected chi connectivity index (χ4v) is 1.89. The lowest BCUT2D eigenvalue weighted by Crippen LogP contribution is -2.30. The van der Waals surface area contributed by atoms with Crippen molar-refractivity contribution in [1.29, 1.82) is 0 Å². The Morgan fingerprint density at radius 2 is 2.31 bits per heavy atom. The number of halogens is 1. The van der Waals surface area contributed by atoms with Gasteiger partial charge in [0.05, 0.1) is 12.2 Å². The topological polar surface area (TPSA) is 50.3 Å². The molecule has 1 aliphatic heterocycles. The van der Waals surface area contributed by atoms with Gasteiger partial charge in [-0.1, -0.05) is 18.5 Å². The van der Waals surface area contributed by atoms with E-state index in [1.54, 1.807) is 25.3 Å². The summed E-state index contributed by atoms with van der Waals surface area (Å²) in [4.78, 5) is 28.5. The van der Waals surface area contributed by atoms with Crippen LogP contribution in [-0.2, 0) is 16.1 Å². The molecular formula is C11H11ClN2O2. The third-order valence-corrected chi connectivity index (χ3v) is 2.80. The SMILES string of the molecule is CC1CC(=O)N(Cc2cc(Cl)ccn2)C1=O. The van der Waals surface area contributed by atoms with Gasteiger partial charge in [-0.3, -0.25) is 19.5 Å². The Morgan fingerprint density at radius 3 is 2.88 bits per heavy atom. The second-order valence-electron chi connectivity index (χ2n) is 3.89. The molecule has 0 bridgehead atoms. The van der Waals surface area contributed by atoms with Crippen molar-refractivity contribution in [3.8, 4) is 0 Å². The van der Waals surface area contributed by atoms with Crippen molar-refractivity contribution in [2.45, 2.75) is 19.9 Å². The smallest absolute Gasteiger partial charge is 0.232 e. The summed E-state index contributed by atoms with van der Waals surface area (Å²) in [6, 6.07) is 3.31. The molecule has 1 fully saturated rings. The Labute approximate surface area is 98.2 Å². The molecule has 2 heterocycles. The minimum Gasteiger partial charge on any atom is -0.276 e. The number of aromatic nitrogens is 1. The molecule has 1 saturated heterocycles. The summed E-state index contributed by atoms with van der Waals surface area (Å²) < 4.78 is 0. The first kappa shape index (κ1) is 11.1. The highest BCUT2D eigenvalue weighted by Gasteiger charge is 2.35. The molecule has 0 saturated carbocycles. The van der Waals surface area contributed by atoms with E-state index in [-0.39, 0.29) is 24.3 Å². The normalized spacial score (nSPS) is 20.6. The van der Waals surface area contributed by atoms with E-state index in [4.69, 9.17) is 11.6 Å². The Bertz CT molecular complexity index is 447. The molecule has 1 atom stereocenters. The summed E-state index contributed by atoms with van der Waals surface area (Å²) >= 11 is 5.80. The average Bonchev–Trinajstić information content (AvgIpc) is 2.45. The van der Waals surface area contributed by atoms with E-state index in [1.807, 2.05) is 0 Å². The highest BCUT2D eigenvalue weighted by molar-refractivity contribution is 6.30. The molecule has 2 rings (SSSR count). The van der Waals surface area contributed by atoms with Crippen molar-refractivity contribution in [2.24, 2.45) is 5.92 Å². The maximum absolute atomic E-state index is 11.6. The fraction of sp³-hybridized carbons (Fsp3) is 0.364. The summed E-state index contributed by atoms with van der Waals surface area (Å²) in [6.07, 6.45) is 1.85. The van der Waals surface area contributed by atoms with Crippen LogP contribution in [-0.4, -0.2) is 21.7 Å². The van der Waals surface area contributed by atoms with E-state index in [2.05, 4.69) is 4.98 Å². The predicted octanol–water partition coefficient (Wildman–Crippen LogP) is 1.63. The standard InChI is InChI=1S/C11H11ClN2O2/c1-7-4-10(15)14(11(7)16)6-9-5-8(12)2-3-13-9/h2-3,5,7H,4,6H2,1H3. The van der Waals surface area contributed by atoms with Crippen LogP contribution in [0.3, 0.4) is 0 Å². The number of hydrogen-bond donors (Lipinski definition) is 0. The molecule has 0 radical (unpaired) electrons. The molecule has 1 aromatic rings. The number of imide groups is 1. The van der Waals surface area contributed by atoms with Crippen LogP contribution in [0.5, 0.6) is 0 Å². The van der Waals surface area contributed by atoms with Crippen LogP contribution < -0.4 is 0 Å². The van der Waals surface area contributed by atoms with Gasteiger partial charge in [0, 0.05) is 23.6 Å². The van der Waals surface area contributed by atoms with Gasteiger partial charge in [0.2, 0.25) is 11.8 Å². The predicted molar refractivity (Wildman–Crippen MR) is 58.6 cm³/mol. The summed E-state index contributed by atoms with van der Waals surface area (Å²) in [5, 5.41) is 0.553. The molecule has 0 N–H and O–H groups in total. The molecule has 0 aromatic carbocycles. The molecule has 1 aromatic heterocycles. The van der Waals surface area contributed by atoms with Crippen LogP contribution in [0.1, 0.15) is 19.0 Å².